The first-order chi connectivity index (χ1) is 15.6. The maximum Gasteiger partial charge on any atom is 0.241 e. The summed E-state index contributed by atoms with van der Waals surface area (Å²) in [6.07, 6.45) is 5.45. The number of nitrogens with zero attached hydrogens (tertiary/aromatic N) is 5. The van der Waals surface area contributed by atoms with Gasteiger partial charge in [0.2, 0.25) is 11.8 Å². The van der Waals surface area contributed by atoms with Crippen molar-refractivity contribution in [3.05, 3.63) is 60.4 Å². The molecular formula is C21H22N6O4S. The minimum absolute atomic E-state index is 0.252. The summed E-state index contributed by atoms with van der Waals surface area (Å²) in [6, 6.07) is 8.90. The predicted octanol–water partition coefficient (Wildman–Crippen LogP) is 2.96. The number of hydrogen-bond acceptors (Lipinski definition) is 8. The Hall–Kier alpha value is -3.73. The van der Waals surface area contributed by atoms with Gasteiger partial charge in [-0.05, 0) is 36.8 Å². The van der Waals surface area contributed by atoms with Crippen LogP contribution < -0.4 is 14.2 Å². The molecule has 0 saturated carbocycles. The minimum atomic E-state index is -1.48. The molecule has 1 atom stereocenters. The monoisotopic (exact) mass is 454 g/mol. The molecule has 32 heavy (non-hydrogen) atoms. The fourth-order valence-electron chi connectivity index (χ4n) is 3.06. The highest BCUT2D eigenvalue weighted by Gasteiger charge is 2.24. The molecule has 3 heterocycles. The molecule has 4 rings (SSSR count). The number of aryl methyl sites for hydroxylation is 2. The van der Waals surface area contributed by atoms with E-state index in [4.69, 9.17) is 13.9 Å². The molecule has 1 unspecified atom stereocenters. The average Bonchev–Trinajstić information content (AvgIpc) is 3.48. The summed E-state index contributed by atoms with van der Waals surface area (Å²) in [5.74, 6) is 3.10. The van der Waals surface area contributed by atoms with Crippen molar-refractivity contribution in [3.63, 3.8) is 0 Å². The first-order valence-electron chi connectivity index (χ1n) is 9.74. The second kappa shape index (κ2) is 9.60. The van der Waals surface area contributed by atoms with Crippen molar-refractivity contribution in [2.24, 2.45) is 0 Å². The van der Waals surface area contributed by atoms with E-state index >= 15 is 0 Å². The number of anilines is 1. The molecule has 11 heteroatoms. The number of hydrogen-bond donors (Lipinski definition) is 1. The minimum Gasteiger partial charge on any atom is -0.494 e. The lowest BCUT2D eigenvalue weighted by molar-refractivity contribution is 0.391. The first-order valence-corrected chi connectivity index (χ1v) is 11.1. The fourth-order valence-corrected chi connectivity index (χ4v) is 3.87. The van der Waals surface area contributed by atoms with Crippen molar-refractivity contribution >= 4 is 16.9 Å². The second-order valence-corrected chi connectivity index (χ2v) is 8.05. The first kappa shape index (κ1) is 21.5. The molecule has 0 aliphatic carbocycles. The van der Waals surface area contributed by atoms with Gasteiger partial charge in [0.25, 0.3) is 0 Å². The number of rotatable bonds is 9. The van der Waals surface area contributed by atoms with Crippen LogP contribution >= 0.6 is 0 Å². The maximum absolute atomic E-state index is 12.8. The summed E-state index contributed by atoms with van der Waals surface area (Å²) in [6.45, 7) is 1.92. The van der Waals surface area contributed by atoms with E-state index in [2.05, 4.69) is 24.9 Å². The molecule has 0 spiro atoms. The number of benzene rings is 1. The third kappa shape index (κ3) is 4.47. The van der Waals surface area contributed by atoms with E-state index in [1.807, 2.05) is 13.0 Å². The Bertz CT molecular complexity index is 1190. The third-order valence-electron chi connectivity index (χ3n) is 4.58. The van der Waals surface area contributed by atoms with Crippen LogP contribution in [0.4, 0.5) is 5.95 Å². The molecule has 0 aliphatic rings. The number of ether oxygens (including phenoxy) is 2. The predicted molar refractivity (Wildman–Crippen MR) is 119 cm³/mol. The van der Waals surface area contributed by atoms with Crippen molar-refractivity contribution in [1.82, 2.24) is 24.7 Å². The highest BCUT2D eigenvalue weighted by Crippen LogP contribution is 2.37. The molecule has 0 saturated heterocycles. The molecular weight excluding hydrogens is 432 g/mol. The van der Waals surface area contributed by atoms with Crippen LogP contribution in [0.1, 0.15) is 11.4 Å². The van der Waals surface area contributed by atoms with Crippen LogP contribution in [0.3, 0.4) is 0 Å². The Balaban J connectivity index is 1.68. The Morgan fingerprint density at radius 2 is 1.78 bits per heavy atom. The SMILES string of the molecule is COc1cccc(OC)c1-n1c(NS(=O)CCc2ncc(C)cn2)nnc1-c1ccco1. The Morgan fingerprint density at radius 1 is 1.06 bits per heavy atom. The largest absolute Gasteiger partial charge is 0.494 e. The van der Waals surface area contributed by atoms with E-state index in [0.717, 1.165) is 5.56 Å². The molecule has 3 aromatic heterocycles. The third-order valence-corrected chi connectivity index (χ3v) is 5.57. The van der Waals surface area contributed by atoms with Crippen LogP contribution in [0.25, 0.3) is 17.3 Å². The molecule has 0 radical (unpaired) electrons. The normalized spacial score (nSPS) is 11.8. The van der Waals surface area contributed by atoms with Gasteiger partial charge in [-0.3, -0.25) is 9.29 Å². The Labute approximate surface area is 187 Å². The van der Waals surface area contributed by atoms with E-state index in [9.17, 15) is 4.21 Å². The van der Waals surface area contributed by atoms with Crippen LogP contribution in [-0.2, 0) is 17.4 Å². The lowest BCUT2D eigenvalue weighted by Gasteiger charge is -2.16. The van der Waals surface area contributed by atoms with Gasteiger partial charge in [0.15, 0.2) is 5.76 Å². The van der Waals surface area contributed by atoms with Crippen LogP contribution in [0.15, 0.2) is 53.4 Å². The molecule has 0 fully saturated rings. The number of furan rings is 1. The summed E-state index contributed by atoms with van der Waals surface area (Å²) in [5, 5.41) is 8.47. The van der Waals surface area contributed by atoms with Crippen molar-refractivity contribution in [1.29, 1.82) is 0 Å². The summed E-state index contributed by atoms with van der Waals surface area (Å²) < 4.78 is 34.1. The van der Waals surface area contributed by atoms with Crippen LogP contribution in [0.2, 0.25) is 0 Å². The standard InChI is InChI=1S/C21H22N6O4S/c1-14-12-22-18(23-13-14)9-11-32(28)26-21-25-24-20(17-8-5-10-31-17)27(21)19-15(29-2)6-4-7-16(19)30-3/h4-8,10,12-13H,9,11H2,1-3H3,(H,25,26). The van der Waals surface area contributed by atoms with Crippen LogP contribution in [-0.4, -0.2) is 48.9 Å². The summed E-state index contributed by atoms with van der Waals surface area (Å²) in [5.41, 5.74) is 1.52. The number of nitrogens with one attached hydrogen (secondary N) is 1. The van der Waals surface area contributed by atoms with E-state index in [-0.39, 0.29) is 11.7 Å². The lowest BCUT2D eigenvalue weighted by atomic mass is 10.2. The zero-order chi connectivity index (χ0) is 22.5. The van der Waals surface area contributed by atoms with Gasteiger partial charge in [-0.1, -0.05) is 6.07 Å². The molecule has 0 amide bonds. The van der Waals surface area contributed by atoms with Gasteiger partial charge in [-0.2, -0.15) is 0 Å². The highest BCUT2D eigenvalue weighted by atomic mass is 32.2. The quantitative estimate of drug-likeness (QED) is 0.410. The smallest absolute Gasteiger partial charge is 0.241 e. The topological polar surface area (TPSA) is 117 Å². The lowest BCUT2D eigenvalue weighted by Crippen LogP contribution is -2.15. The van der Waals surface area contributed by atoms with Crippen molar-refractivity contribution in [2.45, 2.75) is 13.3 Å². The average molecular weight is 455 g/mol. The molecule has 166 valence electrons. The molecule has 1 N–H and O–H groups in total. The molecule has 10 nitrogen and oxygen atoms in total. The molecule has 4 aromatic rings. The number of methoxy groups -OCH3 is 2. The second-order valence-electron chi connectivity index (χ2n) is 6.75. The fraction of sp³-hybridized carbons (Fsp3) is 0.238. The Morgan fingerprint density at radius 3 is 2.41 bits per heavy atom. The van der Waals surface area contributed by atoms with E-state index < -0.39 is 11.0 Å². The van der Waals surface area contributed by atoms with Gasteiger partial charge in [0.05, 0.1) is 26.2 Å². The van der Waals surface area contributed by atoms with Crippen LogP contribution in [0.5, 0.6) is 11.5 Å². The summed E-state index contributed by atoms with van der Waals surface area (Å²) >= 11 is 0. The van der Waals surface area contributed by atoms with Gasteiger partial charge in [-0.15, -0.1) is 10.2 Å². The van der Waals surface area contributed by atoms with E-state index in [0.29, 0.717) is 41.0 Å². The maximum atomic E-state index is 12.8. The van der Waals surface area contributed by atoms with Gasteiger partial charge in [-0.25, -0.2) is 14.2 Å². The van der Waals surface area contributed by atoms with E-state index in [1.165, 1.54) is 0 Å². The van der Waals surface area contributed by atoms with Gasteiger partial charge >= 0.3 is 0 Å². The van der Waals surface area contributed by atoms with Gasteiger partial charge in [0.1, 0.15) is 34.0 Å². The zero-order valence-electron chi connectivity index (χ0n) is 17.8. The molecule has 0 bridgehead atoms. The zero-order valence-corrected chi connectivity index (χ0v) is 18.6. The number of aromatic nitrogens is 5. The van der Waals surface area contributed by atoms with Crippen molar-refractivity contribution < 1.29 is 18.1 Å². The van der Waals surface area contributed by atoms with Crippen molar-refractivity contribution in [2.75, 3.05) is 24.7 Å². The Kier molecular flexibility index (Phi) is 6.45. The van der Waals surface area contributed by atoms with Gasteiger partial charge in [0, 0.05) is 18.8 Å². The van der Waals surface area contributed by atoms with Gasteiger partial charge < -0.3 is 13.9 Å². The van der Waals surface area contributed by atoms with Crippen LogP contribution in [0, 0.1) is 6.92 Å². The highest BCUT2D eigenvalue weighted by molar-refractivity contribution is 7.86. The number of para-hydroxylation sites is 1. The molecule has 1 aromatic carbocycles. The summed E-state index contributed by atoms with van der Waals surface area (Å²) in [7, 11) is 1.64. The molecule has 0 aliphatic heterocycles. The summed E-state index contributed by atoms with van der Waals surface area (Å²) in [4.78, 5) is 8.51. The van der Waals surface area contributed by atoms with Crippen molar-refractivity contribution in [3.8, 4) is 28.8 Å². The van der Waals surface area contributed by atoms with E-state index in [1.54, 1.807) is 61.7 Å².